The number of nitrogens with zero attached hydrogens (tertiary/aromatic N) is 6. The number of para-hydroxylation sites is 1. The predicted molar refractivity (Wildman–Crippen MR) is 141 cm³/mol. The molecule has 0 radical (unpaired) electrons. The van der Waals surface area contributed by atoms with Gasteiger partial charge in [0.25, 0.3) is 0 Å². The lowest BCUT2D eigenvalue weighted by molar-refractivity contribution is -0.132. The molecule has 1 saturated heterocycles. The van der Waals surface area contributed by atoms with Crippen LogP contribution in [0.5, 0.6) is 0 Å². The summed E-state index contributed by atoms with van der Waals surface area (Å²) in [7, 11) is 0. The summed E-state index contributed by atoms with van der Waals surface area (Å²) < 4.78 is 15.3. The molecule has 1 atom stereocenters. The van der Waals surface area contributed by atoms with Crippen molar-refractivity contribution < 1.29 is 9.18 Å². The van der Waals surface area contributed by atoms with Crippen LogP contribution >= 0.6 is 0 Å². The topological polar surface area (TPSA) is 66.6 Å². The molecule has 1 fully saturated rings. The number of fused-ring (bicyclic) bond motifs is 3. The Morgan fingerprint density at radius 2 is 1.68 bits per heavy atom. The second-order valence-electron chi connectivity index (χ2n) is 9.55. The molecule has 3 heterocycles. The van der Waals surface area contributed by atoms with E-state index in [1.165, 1.54) is 12.1 Å². The molecule has 7 nitrogen and oxygen atoms in total. The first-order chi connectivity index (χ1) is 18.1. The number of carbonyl (C=O) groups is 1. The summed E-state index contributed by atoms with van der Waals surface area (Å²) in [5, 5.41) is 10.1. The molecule has 8 heteroatoms. The first-order valence-electron chi connectivity index (χ1n) is 12.5. The third-order valence-electron chi connectivity index (χ3n) is 7.00. The van der Waals surface area contributed by atoms with Gasteiger partial charge in [-0.15, -0.1) is 10.2 Å². The van der Waals surface area contributed by atoms with E-state index in [1.54, 1.807) is 12.1 Å². The van der Waals surface area contributed by atoms with Gasteiger partial charge in [-0.25, -0.2) is 13.8 Å². The van der Waals surface area contributed by atoms with Gasteiger partial charge >= 0.3 is 0 Å². The Balaban J connectivity index is 1.31. The summed E-state index contributed by atoms with van der Waals surface area (Å²) in [5.41, 5.74) is 3.62. The van der Waals surface area contributed by atoms with Gasteiger partial charge < -0.3 is 9.80 Å². The monoisotopic (exact) mass is 494 g/mol. The van der Waals surface area contributed by atoms with Crippen molar-refractivity contribution in [3.63, 3.8) is 0 Å². The second kappa shape index (κ2) is 9.61. The molecular weight excluding hydrogens is 467 g/mol. The molecule has 6 rings (SSSR count). The van der Waals surface area contributed by atoms with Crippen LogP contribution in [-0.4, -0.2) is 56.1 Å². The van der Waals surface area contributed by atoms with Gasteiger partial charge in [0.15, 0.2) is 5.65 Å². The molecule has 37 heavy (non-hydrogen) atoms. The van der Waals surface area contributed by atoms with E-state index >= 15 is 0 Å². The van der Waals surface area contributed by atoms with Crippen molar-refractivity contribution in [3.05, 3.63) is 102 Å². The molecule has 2 aromatic heterocycles. The van der Waals surface area contributed by atoms with Crippen molar-refractivity contribution in [2.45, 2.75) is 25.8 Å². The maximum Gasteiger partial charge on any atom is 0.227 e. The molecule has 0 N–H and O–H groups in total. The number of hydrogen-bond acceptors (Lipinski definition) is 5. The highest BCUT2D eigenvalue weighted by molar-refractivity contribution is 5.92. The van der Waals surface area contributed by atoms with Crippen molar-refractivity contribution in [1.82, 2.24) is 24.5 Å². The van der Waals surface area contributed by atoms with Crippen LogP contribution in [0.2, 0.25) is 0 Å². The van der Waals surface area contributed by atoms with Crippen LogP contribution < -0.4 is 4.90 Å². The number of halogens is 1. The molecule has 0 aliphatic carbocycles. The zero-order valence-corrected chi connectivity index (χ0v) is 20.6. The molecule has 1 aliphatic rings. The molecule has 1 unspecified atom stereocenters. The third kappa shape index (κ3) is 4.50. The Morgan fingerprint density at radius 1 is 0.919 bits per heavy atom. The minimum atomic E-state index is -0.298. The van der Waals surface area contributed by atoms with Gasteiger partial charge in [0, 0.05) is 37.5 Å². The van der Waals surface area contributed by atoms with Crippen LogP contribution in [0.3, 0.4) is 0 Å². The van der Waals surface area contributed by atoms with Crippen molar-refractivity contribution in [2.75, 3.05) is 24.5 Å². The van der Waals surface area contributed by atoms with Gasteiger partial charge in [-0.05, 0) is 42.3 Å². The highest BCUT2D eigenvalue weighted by atomic mass is 19.1. The number of hydrogen-bond donors (Lipinski definition) is 0. The summed E-state index contributed by atoms with van der Waals surface area (Å²) in [4.78, 5) is 22.3. The fourth-order valence-corrected chi connectivity index (χ4v) is 5.11. The lowest BCUT2D eigenvalue weighted by Gasteiger charge is -2.40. The van der Waals surface area contributed by atoms with E-state index in [2.05, 4.69) is 38.6 Å². The highest BCUT2D eigenvalue weighted by Crippen LogP contribution is 2.27. The quantitative estimate of drug-likeness (QED) is 0.365. The van der Waals surface area contributed by atoms with E-state index < -0.39 is 0 Å². The van der Waals surface area contributed by atoms with Crippen LogP contribution in [0.1, 0.15) is 23.9 Å². The summed E-state index contributed by atoms with van der Waals surface area (Å²) >= 11 is 0. The minimum absolute atomic E-state index is 0.0147. The van der Waals surface area contributed by atoms with Crippen LogP contribution in [0.15, 0.2) is 78.9 Å². The van der Waals surface area contributed by atoms with Crippen LogP contribution in [-0.2, 0) is 17.6 Å². The van der Waals surface area contributed by atoms with Gasteiger partial charge in [-0.3, -0.25) is 4.79 Å². The van der Waals surface area contributed by atoms with Crippen LogP contribution in [0, 0.1) is 5.82 Å². The van der Waals surface area contributed by atoms with Gasteiger partial charge in [0.2, 0.25) is 11.9 Å². The van der Waals surface area contributed by atoms with Crippen molar-refractivity contribution in [1.29, 1.82) is 0 Å². The molecule has 0 bridgehead atoms. The summed E-state index contributed by atoms with van der Waals surface area (Å²) in [6.07, 6.45) is 0.899. The number of anilines is 1. The van der Waals surface area contributed by atoms with Gasteiger partial charge in [0.1, 0.15) is 11.6 Å². The zero-order valence-electron chi connectivity index (χ0n) is 20.6. The Morgan fingerprint density at radius 3 is 2.46 bits per heavy atom. The number of benzene rings is 3. The first kappa shape index (κ1) is 23.1. The average Bonchev–Trinajstić information content (AvgIpc) is 3.34. The maximum atomic E-state index is 13.3. The molecule has 3 aromatic carbocycles. The van der Waals surface area contributed by atoms with E-state index in [1.807, 2.05) is 47.4 Å². The van der Waals surface area contributed by atoms with E-state index in [-0.39, 0.29) is 24.2 Å². The fraction of sp³-hybridized carbons (Fsp3) is 0.241. The normalized spacial score (nSPS) is 16.0. The molecule has 1 aliphatic heterocycles. The number of piperazine rings is 1. The molecular formula is C29H27FN6O. The molecule has 1 amide bonds. The minimum Gasteiger partial charge on any atom is -0.338 e. The van der Waals surface area contributed by atoms with Crippen molar-refractivity contribution in [2.24, 2.45) is 0 Å². The molecule has 5 aromatic rings. The molecule has 0 saturated carbocycles. The van der Waals surface area contributed by atoms with Crippen molar-refractivity contribution in [3.8, 4) is 0 Å². The Kier molecular flexibility index (Phi) is 6.00. The summed E-state index contributed by atoms with van der Waals surface area (Å²) in [6.45, 7) is 3.92. The predicted octanol–water partition coefficient (Wildman–Crippen LogP) is 4.29. The van der Waals surface area contributed by atoms with E-state index in [4.69, 9.17) is 4.98 Å². The lowest BCUT2D eigenvalue weighted by Crippen LogP contribution is -2.55. The lowest BCUT2D eigenvalue weighted by atomic mass is 10.1. The average molecular weight is 495 g/mol. The third-order valence-corrected chi connectivity index (χ3v) is 7.00. The van der Waals surface area contributed by atoms with E-state index in [9.17, 15) is 9.18 Å². The SMILES string of the molecule is CC1CN(c2nc3ccccc3c3nnc(Cc4ccccc4)n23)CCN1C(=O)Cc1ccc(F)cc1. The fourth-order valence-electron chi connectivity index (χ4n) is 5.11. The number of carbonyl (C=O) groups excluding carboxylic acids is 1. The number of aromatic nitrogens is 4. The van der Waals surface area contributed by atoms with E-state index in [0.717, 1.165) is 39.4 Å². The van der Waals surface area contributed by atoms with Gasteiger partial charge in [-0.2, -0.15) is 0 Å². The van der Waals surface area contributed by atoms with Crippen molar-refractivity contribution >= 4 is 28.4 Å². The number of rotatable bonds is 5. The molecule has 0 spiro atoms. The Bertz CT molecular complexity index is 1570. The van der Waals surface area contributed by atoms with Gasteiger partial charge in [0.05, 0.1) is 11.9 Å². The summed E-state index contributed by atoms with van der Waals surface area (Å²) in [6, 6.07) is 24.3. The van der Waals surface area contributed by atoms with E-state index in [0.29, 0.717) is 26.1 Å². The number of amides is 1. The second-order valence-corrected chi connectivity index (χ2v) is 9.55. The zero-order chi connectivity index (χ0) is 25.4. The summed E-state index contributed by atoms with van der Waals surface area (Å²) in [5.74, 6) is 1.37. The smallest absolute Gasteiger partial charge is 0.227 e. The Hall–Kier alpha value is -4.33. The van der Waals surface area contributed by atoms with Crippen LogP contribution in [0.25, 0.3) is 16.6 Å². The standard InChI is InChI=1S/C29H27FN6O/c1-20-19-34(15-16-35(20)27(37)18-22-11-13-23(30)14-12-22)29-31-25-10-6-5-9-24(25)28-33-32-26(36(28)29)17-21-7-3-2-4-8-21/h2-14,20H,15-19H2,1H3. The highest BCUT2D eigenvalue weighted by Gasteiger charge is 2.30. The molecule has 186 valence electrons. The Labute approximate surface area is 214 Å². The van der Waals surface area contributed by atoms with Gasteiger partial charge in [-0.1, -0.05) is 54.6 Å². The largest absolute Gasteiger partial charge is 0.338 e. The first-order valence-corrected chi connectivity index (χ1v) is 12.5. The maximum absolute atomic E-state index is 13.3. The van der Waals surface area contributed by atoms with Crippen LogP contribution in [0.4, 0.5) is 10.3 Å².